The summed E-state index contributed by atoms with van der Waals surface area (Å²) in [5.74, 6) is -0.235. The fourth-order valence-electron chi connectivity index (χ4n) is 4.12. The van der Waals surface area contributed by atoms with Crippen LogP contribution in [0.2, 0.25) is 10.0 Å². The average molecular weight is 478 g/mol. The molecule has 0 unspecified atom stereocenters. The smallest absolute Gasteiger partial charge is 0.258 e. The summed E-state index contributed by atoms with van der Waals surface area (Å²) >= 11 is 12.0. The van der Waals surface area contributed by atoms with Crippen LogP contribution in [0.15, 0.2) is 42.5 Å². The van der Waals surface area contributed by atoms with Gasteiger partial charge in [0.15, 0.2) is 6.61 Å². The maximum absolute atomic E-state index is 12.5. The van der Waals surface area contributed by atoms with E-state index in [2.05, 4.69) is 29.3 Å². The van der Waals surface area contributed by atoms with Crippen molar-refractivity contribution in [3.8, 4) is 5.75 Å². The van der Waals surface area contributed by atoms with E-state index in [1.807, 2.05) is 12.1 Å². The van der Waals surface area contributed by atoms with Gasteiger partial charge in [-0.2, -0.15) is 0 Å². The zero-order valence-corrected chi connectivity index (χ0v) is 19.7. The van der Waals surface area contributed by atoms with Crippen LogP contribution in [0.5, 0.6) is 5.75 Å². The molecule has 0 radical (unpaired) electrons. The standard InChI is InChI=1S/C24H29Cl2N3O3/c1-2-21-13-20(9-10-29(21)14-16-3-5-18(25)6-4-16)28-24(31)15-32-22-8-7-19(26)11-17(22)12-23(27)30/h3-8,11,20-21H,2,9-10,12-15H2,1H3,(H2,27,30)(H,28,31)/t20-,21-/m1/s1. The molecule has 1 fully saturated rings. The van der Waals surface area contributed by atoms with Gasteiger partial charge in [0.05, 0.1) is 6.42 Å². The van der Waals surface area contributed by atoms with Crippen molar-refractivity contribution in [2.45, 2.75) is 51.2 Å². The Hall–Kier alpha value is -2.28. The third-order valence-corrected chi connectivity index (χ3v) is 6.21. The van der Waals surface area contributed by atoms with Gasteiger partial charge < -0.3 is 15.8 Å². The normalized spacial score (nSPS) is 18.8. The van der Waals surface area contributed by atoms with E-state index < -0.39 is 5.91 Å². The lowest BCUT2D eigenvalue weighted by Crippen LogP contribution is -2.50. The van der Waals surface area contributed by atoms with Crippen molar-refractivity contribution in [2.75, 3.05) is 13.2 Å². The van der Waals surface area contributed by atoms with Gasteiger partial charge in [-0.3, -0.25) is 14.5 Å². The fourth-order valence-corrected chi connectivity index (χ4v) is 4.44. The van der Waals surface area contributed by atoms with E-state index >= 15 is 0 Å². The van der Waals surface area contributed by atoms with E-state index in [-0.39, 0.29) is 25.0 Å². The Bertz CT molecular complexity index is 937. The third-order valence-electron chi connectivity index (χ3n) is 5.72. The van der Waals surface area contributed by atoms with Crippen LogP contribution in [-0.4, -0.2) is 41.9 Å². The first-order chi connectivity index (χ1) is 15.3. The minimum atomic E-state index is -0.488. The van der Waals surface area contributed by atoms with E-state index in [9.17, 15) is 9.59 Å². The van der Waals surface area contributed by atoms with Crippen LogP contribution < -0.4 is 15.8 Å². The monoisotopic (exact) mass is 477 g/mol. The van der Waals surface area contributed by atoms with Gasteiger partial charge in [0, 0.05) is 40.8 Å². The highest BCUT2D eigenvalue weighted by Gasteiger charge is 2.28. The lowest BCUT2D eigenvalue weighted by molar-refractivity contribution is -0.124. The maximum atomic E-state index is 12.5. The predicted octanol–water partition coefficient (Wildman–Crippen LogP) is 3.96. The molecule has 0 aromatic heterocycles. The van der Waals surface area contributed by atoms with Crippen molar-refractivity contribution in [1.29, 1.82) is 0 Å². The molecule has 2 aromatic carbocycles. The molecule has 3 N–H and O–H groups in total. The predicted molar refractivity (Wildman–Crippen MR) is 127 cm³/mol. The van der Waals surface area contributed by atoms with Crippen molar-refractivity contribution < 1.29 is 14.3 Å². The number of amides is 2. The van der Waals surface area contributed by atoms with E-state index in [1.54, 1.807) is 18.2 Å². The molecule has 2 atom stereocenters. The summed E-state index contributed by atoms with van der Waals surface area (Å²) in [7, 11) is 0. The number of likely N-dealkylation sites (tertiary alicyclic amines) is 1. The Morgan fingerprint density at radius 3 is 2.56 bits per heavy atom. The minimum Gasteiger partial charge on any atom is -0.483 e. The number of piperidine rings is 1. The minimum absolute atomic E-state index is 0.00176. The van der Waals surface area contributed by atoms with Crippen molar-refractivity contribution in [3.63, 3.8) is 0 Å². The van der Waals surface area contributed by atoms with E-state index in [0.717, 1.165) is 37.4 Å². The van der Waals surface area contributed by atoms with E-state index in [1.165, 1.54) is 5.56 Å². The quantitative estimate of drug-likeness (QED) is 0.572. The molecule has 172 valence electrons. The number of carbonyl (C=O) groups excluding carboxylic acids is 2. The topological polar surface area (TPSA) is 84.7 Å². The first-order valence-electron chi connectivity index (χ1n) is 10.8. The summed E-state index contributed by atoms with van der Waals surface area (Å²) in [5, 5.41) is 4.31. The van der Waals surface area contributed by atoms with Crippen molar-refractivity contribution in [3.05, 3.63) is 63.6 Å². The first kappa shape index (κ1) is 24.4. The summed E-state index contributed by atoms with van der Waals surface area (Å²) in [6.07, 6.45) is 2.78. The number of ether oxygens (including phenoxy) is 1. The number of hydrogen-bond donors (Lipinski definition) is 2. The molecule has 3 rings (SSSR count). The number of halogens is 2. The maximum Gasteiger partial charge on any atom is 0.258 e. The summed E-state index contributed by atoms with van der Waals surface area (Å²) in [6.45, 7) is 3.83. The van der Waals surface area contributed by atoms with Crippen molar-refractivity contribution in [2.24, 2.45) is 5.73 Å². The zero-order chi connectivity index (χ0) is 23.1. The number of hydrogen-bond acceptors (Lipinski definition) is 4. The zero-order valence-electron chi connectivity index (χ0n) is 18.2. The highest BCUT2D eigenvalue weighted by molar-refractivity contribution is 6.30. The van der Waals surface area contributed by atoms with Gasteiger partial charge in [-0.05, 0) is 55.2 Å². The Balaban J connectivity index is 1.51. The van der Waals surface area contributed by atoms with Gasteiger partial charge in [-0.25, -0.2) is 0 Å². The summed E-state index contributed by atoms with van der Waals surface area (Å²) in [5.41, 5.74) is 7.09. The molecule has 2 aromatic rings. The van der Waals surface area contributed by atoms with Gasteiger partial charge in [-0.15, -0.1) is 0 Å². The second-order valence-corrected chi connectivity index (χ2v) is 9.00. The second-order valence-electron chi connectivity index (χ2n) is 8.13. The number of benzene rings is 2. The van der Waals surface area contributed by atoms with Crippen LogP contribution in [0.3, 0.4) is 0 Å². The number of nitrogens with two attached hydrogens (primary N) is 1. The SMILES string of the molecule is CC[C@@H]1C[C@H](NC(=O)COc2ccc(Cl)cc2CC(N)=O)CCN1Cc1ccc(Cl)cc1. The van der Waals surface area contributed by atoms with Gasteiger partial charge in [-0.1, -0.05) is 42.3 Å². The number of nitrogens with one attached hydrogen (secondary N) is 1. The summed E-state index contributed by atoms with van der Waals surface area (Å²) < 4.78 is 5.66. The molecular weight excluding hydrogens is 449 g/mol. The molecule has 1 aliphatic rings. The Morgan fingerprint density at radius 2 is 1.88 bits per heavy atom. The molecule has 0 bridgehead atoms. The molecule has 1 aliphatic heterocycles. The van der Waals surface area contributed by atoms with Crippen LogP contribution in [0, 0.1) is 0 Å². The van der Waals surface area contributed by atoms with Crippen molar-refractivity contribution in [1.82, 2.24) is 10.2 Å². The van der Waals surface area contributed by atoms with Crippen LogP contribution in [-0.2, 0) is 22.6 Å². The van der Waals surface area contributed by atoms with Gasteiger partial charge in [0.1, 0.15) is 5.75 Å². The number of carbonyl (C=O) groups is 2. The molecular formula is C24H29Cl2N3O3. The van der Waals surface area contributed by atoms with Crippen LogP contribution in [0.25, 0.3) is 0 Å². The molecule has 6 nitrogen and oxygen atoms in total. The lowest BCUT2D eigenvalue weighted by atomic mass is 9.94. The summed E-state index contributed by atoms with van der Waals surface area (Å²) in [4.78, 5) is 26.3. The molecule has 0 aliphatic carbocycles. The first-order valence-corrected chi connectivity index (χ1v) is 11.6. The Morgan fingerprint density at radius 1 is 1.16 bits per heavy atom. The Labute approximate surface area is 199 Å². The number of primary amides is 1. The molecule has 32 heavy (non-hydrogen) atoms. The van der Waals surface area contributed by atoms with Crippen LogP contribution in [0.1, 0.15) is 37.3 Å². The van der Waals surface area contributed by atoms with Gasteiger partial charge in [0.25, 0.3) is 5.91 Å². The van der Waals surface area contributed by atoms with Crippen LogP contribution in [0.4, 0.5) is 0 Å². The second kappa shape index (κ2) is 11.5. The molecule has 1 heterocycles. The van der Waals surface area contributed by atoms with E-state index in [4.69, 9.17) is 33.7 Å². The van der Waals surface area contributed by atoms with Gasteiger partial charge in [0.2, 0.25) is 5.91 Å². The number of nitrogens with zero attached hydrogens (tertiary/aromatic N) is 1. The third kappa shape index (κ3) is 7.12. The number of rotatable bonds is 9. The van der Waals surface area contributed by atoms with Crippen LogP contribution >= 0.6 is 23.2 Å². The highest BCUT2D eigenvalue weighted by atomic mass is 35.5. The molecule has 0 saturated carbocycles. The molecule has 1 saturated heterocycles. The van der Waals surface area contributed by atoms with Crippen molar-refractivity contribution >= 4 is 35.0 Å². The fraction of sp³-hybridized carbons (Fsp3) is 0.417. The Kier molecular flexibility index (Phi) is 8.79. The summed E-state index contributed by atoms with van der Waals surface area (Å²) in [6, 6.07) is 13.4. The molecule has 8 heteroatoms. The van der Waals surface area contributed by atoms with Gasteiger partial charge >= 0.3 is 0 Å². The highest BCUT2D eigenvalue weighted by Crippen LogP contribution is 2.25. The lowest BCUT2D eigenvalue weighted by Gasteiger charge is -2.39. The average Bonchev–Trinajstić information content (AvgIpc) is 2.75. The molecule has 0 spiro atoms. The molecule has 2 amide bonds. The largest absolute Gasteiger partial charge is 0.483 e. The van der Waals surface area contributed by atoms with E-state index in [0.29, 0.717) is 22.4 Å².